The smallest absolute Gasteiger partial charge is 0.202 e. The van der Waals surface area contributed by atoms with Gasteiger partial charge in [0.05, 0.1) is 0 Å². The average Bonchev–Trinajstić information content (AvgIpc) is 2.63. The van der Waals surface area contributed by atoms with Crippen LogP contribution in [0.15, 0.2) is 48.5 Å². The van der Waals surface area contributed by atoms with Crippen LogP contribution in [0.3, 0.4) is 0 Å². The first kappa shape index (κ1) is 22.8. The van der Waals surface area contributed by atoms with E-state index in [1.54, 1.807) is 0 Å². The maximum Gasteiger partial charge on any atom is 0.271 e. The molecule has 0 spiro atoms. The van der Waals surface area contributed by atoms with Crippen LogP contribution in [-0.2, 0) is 5.92 Å². The topological polar surface area (TPSA) is 0 Å². The van der Waals surface area contributed by atoms with Gasteiger partial charge in [0.1, 0.15) is 0 Å². The molecule has 0 aliphatic rings. The highest BCUT2D eigenvalue weighted by molar-refractivity contribution is 5.93. The van der Waals surface area contributed by atoms with Crippen LogP contribution in [0.1, 0.15) is 56.9 Å². The standard InChI is InChI=1S/C21H20F2.2C2H6/c1-13-5-8-17(15(3)11-13)19-10-7-16-12-14(2)6-9-18(16)20(19)21(4,22)23;2*1-2/h5-12H,1-4H3;2*1-2H3. The number of hydrogen-bond donors (Lipinski definition) is 0. The van der Waals surface area contributed by atoms with Gasteiger partial charge in [0.15, 0.2) is 0 Å². The van der Waals surface area contributed by atoms with E-state index < -0.39 is 5.92 Å². The zero-order valence-electron chi connectivity index (χ0n) is 17.9. The Morgan fingerprint density at radius 2 is 1.19 bits per heavy atom. The summed E-state index contributed by atoms with van der Waals surface area (Å²) in [5, 5.41) is 1.48. The van der Waals surface area contributed by atoms with Gasteiger partial charge < -0.3 is 0 Å². The van der Waals surface area contributed by atoms with Crippen molar-refractivity contribution in [1.82, 2.24) is 0 Å². The Morgan fingerprint density at radius 1 is 0.667 bits per heavy atom. The van der Waals surface area contributed by atoms with E-state index >= 15 is 0 Å². The lowest BCUT2D eigenvalue weighted by atomic mass is 9.88. The summed E-state index contributed by atoms with van der Waals surface area (Å²) in [4.78, 5) is 0. The van der Waals surface area contributed by atoms with E-state index in [1.165, 1.54) is 0 Å². The normalized spacial score (nSPS) is 10.6. The number of rotatable bonds is 2. The van der Waals surface area contributed by atoms with E-state index in [9.17, 15) is 8.78 Å². The van der Waals surface area contributed by atoms with Crippen molar-refractivity contribution in [3.8, 4) is 11.1 Å². The number of halogens is 2. The third kappa shape index (κ3) is 5.15. The molecule has 0 atom stereocenters. The van der Waals surface area contributed by atoms with Crippen LogP contribution >= 0.6 is 0 Å². The van der Waals surface area contributed by atoms with Crippen molar-refractivity contribution in [3.05, 3.63) is 70.8 Å². The van der Waals surface area contributed by atoms with Gasteiger partial charge in [0.25, 0.3) is 5.92 Å². The quantitative estimate of drug-likeness (QED) is 0.423. The third-order valence-corrected chi connectivity index (χ3v) is 4.29. The third-order valence-electron chi connectivity index (χ3n) is 4.29. The SMILES string of the molecule is CC.CC.Cc1ccc(-c2ccc3cc(C)ccc3c2C(C)(F)F)c(C)c1. The molecule has 0 heterocycles. The summed E-state index contributed by atoms with van der Waals surface area (Å²) >= 11 is 0. The summed E-state index contributed by atoms with van der Waals surface area (Å²) in [5.74, 6) is -2.90. The van der Waals surface area contributed by atoms with E-state index in [4.69, 9.17) is 0 Å². The fourth-order valence-electron chi connectivity index (χ4n) is 3.26. The van der Waals surface area contributed by atoms with Crippen molar-refractivity contribution in [1.29, 1.82) is 0 Å². The maximum atomic E-state index is 14.4. The van der Waals surface area contributed by atoms with Gasteiger partial charge >= 0.3 is 0 Å². The molecule has 0 N–H and O–H groups in total. The molecule has 2 heteroatoms. The molecule has 0 amide bonds. The zero-order chi connectivity index (χ0) is 20.8. The minimum Gasteiger partial charge on any atom is -0.202 e. The molecular formula is C25H32F2. The summed E-state index contributed by atoms with van der Waals surface area (Å²) < 4.78 is 28.9. The zero-order valence-corrected chi connectivity index (χ0v) is 17.9. The molecule has 0 aromatic heterocycles. The van der Waals surface area contributed by atoms with Gasteiger partial charge in [-0.1, -0.05) is 87.4 Å². The fourth-order valence-corrected chi connectivity index (χ4v) is 3.26. The lowest BCUT2D eigenvalue weighted by Gasteiger charge is -2.20. The molecule has 0 unspecified atom stereocenters. The minimum atomic E-state index is -2.90. The number of aryl methyl sites for hydroxylation is 3. The number of alkyl halides is 2. The summed E-state index contributed by atoms with van der Waals surface area (Å²) in [5.41, 5.74) is 4.82. The Bertz CT molecular complexity index is 887. The van der Waals surface area contributed by atoms with Crippen LogP contribution in [-0.4, -0.2) is 0 Å². The molecule has 0 bridgehead atoms. The van der Waals surface area contributed by atoms with Crippen LogP contribution in [0.25, 0.3) is 21.9 Å². The fraction of sp³-hybridized carbons (Fsp3) is 0.360. The van der Waals surface area contributed by atoms with Crippen LogP contribution in [0.5, 0.6) is 0 Å². The molecule has 0 saturated heterocycles. The van der Waals surface area contributed by atoms with Crippen LogP contribution in [0.2, 0.25) is 0 Å². The maximum absolute atomic E-state index is 14.4. The van der Waals surface area contributed by atoms with Gasteiger partial charge in [-0.3, -0.25) is 0 Å². The summed E-state index contributed by atoms with van der Waals surface area (Å²) in [6.45, 7) is 14.9. The van der Waals surface area contributed by atoms with Crippen LogP contribution in [0.4, 0.5) is 8.78 Å². The van der Waals surface area contributed by atoms with Crippen molar-refractivity contribution in [2.24, 2.45) is 0 Å². The highest BCUT2D eigenvalue weighted by atomic mass is 19.3. The molecule has 146 valence electrons. The summed E-state index contributed by atoms with van der Waals surface area (Å²) in [6.07, 6.45) is 0. The molecule has 0 aliphatic heterocycles. The van der Waals surface area contributed by atoms with Crippen molar-refractivity contribution in [2.75, 3.05) is 0 Å². The molecule has 0 aliphatic carbocycles. The predicted octanol–water partition coefficient (Wildman–Crippen LogP) is 8.60. The molecule has 0 saturated carbocycles. The number of benzene rings is 3. The van der Waals surface area contributed by atoms with Crippen molar-refractivity contribution >= 4 is 10.8 Å². The van der Waals surface area contributed by atoms with Gasteiger partial charge in [-0.2, -0.15) is 0 Å². The second-order valence-electron chi connectivity index (χ2n) is 6.42. The molecule has 3 aromatic rings. The Hall–Kier alpha value is -2.22. The lowest BCUT2D eigenvalue weighted by Crippen LogP contribution is -2.10. The monoisotopic (exact) mass is 370 g/mol. The highest BCUT2D eigenvalue weighted by Gasteiger charge is 2.30. The van der Waals surface area contributed by atoms with E-state index in [2.05, 4.69) is 0 Å². The molecule has 3 rings (SSSR count). The van der Waals surface area contributed by atoms with Crippen LogP contribution in [0, 0.1) is 20.8 Å². The van der Waals surface area contributed by atoms with Gasteiger partial charge in [-0.15, -0.1) is 0 Å². The van der Waals surface area contributed by atoms with E-state index in [-0.39, 0.29) is 5.56 Å². The van der Waals surface area contributed by atoms with E-state index in [0.29, 0.717) is 10.9 Å². The first-order valence-electron chi connectivity index (χ1n) is 9.76. The summed E-state index contributed by atoms with van der Waals surface area (Å²) in [6, 6.07) is 15.4. The second-order valence-corrected chi connectivity index (χ2v) is 6.42. The van der Waals surface area contributed by atoms with Gasteiger partial charge in [-0.25, -0.2) is 8.78 Å². The molecular weight excluding hydrogens is 338 g/mol. The molecule has 0 nitrogen and oxygen atoms in total. The molecule has 3 aromatic carbocycles. The van der Waals surface area contributed by atoms with Crippen LogP contribution < -0.4 is 0 Å². The van der Waals surface area contributed by atoms with Gasteiger partial charge in [0, 0.05) is 12.5 Å². The Morgan fingerprint density at radius 3 is 1.74 bits per heavy atom. The van der Waals surface area contributed by atoms with Crippen molar-refractivity contribution in [3.63, 3.8) is 0 Å². The Balaban J connectivity index is 0.000000855. The largest absolute Gasteiger partial charge is 0.271 e. The molecule has 0 radical (unpaired) electrons. The first-order chi connectivity index (χ1) is 12.8. The average molecular weight is 371 g/mol. The summed E-state index contributed by atoms with van der Waals surface area (Å²) in [7, 11) is 0. The minimum absolute atomic E-state index is 0.113. The number of fused-ring (bicyclic) bond motifs is 1. The lowest BCUT2D eigenvalue weighted by molar-refractivity contribution is 0.0197. The second kappa shape index (κ2) is 9.64. The van der Waals surface area contributed by atoms with Crippen molar-refractivity contribution in [2.45, 2.75) is 61.3 Å². The van der Waals surface area contributed by atoms with Crippen molar-refractivity contribution < 1.29 is 8.78 Å². The number of hydrogen-bond acceptors (Lipinski definition) is 0. The molecule has 0 fully saturated rings. The predicted molar refractivity (Wildman–Crippen MR) is 116 cm³/mol. The first-order valence-corrected chi connectivity index (χ1v) is 9.76. The molecule has 27 heavy (non-hydrogen) atoms. The Labute approximate surface area is 163 Å². The van der Waals surface area contributed by atoms with Gasteiger partial charge in [-0.05, 0) is 48.2 Å². The van der Waals surface area contributed by atoms with E-state index in [0.717, 1.165) is 34.6 Å². The Kier molecular flexibility index (Phi) is 8.15. The van der Waals surface area contributed by atoms with Gasteiger partial charge in [0.2, 0.25) is 0 Å². The highest BCUT2D eigenvalue weighted by Crippen LogP contribution is 2.41. The van der Waals surface area contributed by atoms with E-state index in [1.807, 2.05) is 97.0 Å².